The van der Waals surface area contributed by atoms with Gasteiger partial charge in [0.2, 0.25) is 0 Å². The molecule has 0 bridgehead atoms. The van der Waals surface area contributed by atoms with Crippen molar-refractivity contribution in [1.82, 2.24) is 0 Å². The van der Waals surface area contributed by atoms with E-state index in [-0.39, 0.29) is 0 Å². The molecule has 0 aromatic carbocycles. The van der Waals surface area contributed by atoms with Crippen LogP contribution in [0.2, 0.25) is 26.6 Å². The standard InChI is InChI=1S/C6H2S2.6C4H9.2Sn/c1-3-7-6-2-4-8-5(1)6;6*1-3-4-2;;/h1,3H;6*1,3-4H2,2H3;;. The van der Waals surface area contributed by atoms with Crippen LogP contribution >= 0.6 is 22.7 Å². The van der Waals surface area contributed by atoms with Crippen molar-refractivity contribution >= 4 is 75.3 Å². The van der Waals surface area contributed by atoms with E-state index in [4.69, 9.17) is 0 Å². The van der Waals surface area contributed by atoms with Crippen molar-refractivity contribution in [3.8, 4) is 0 Å². The molecular weight excluding hydrogens is 662 g/mol. The van der Waals surface area contributed by atoms with Gasteiger partial charge in [0.15, 0.2) is 0 Å². The normalized spacial score (nSPS) is 12.8. The van der Waals surface area contributed by atoms with Crippen molar-refractivity contribution in [2.75, 3.05) is 0 Å². The number of fused-ring (bicyclic) bond motifs is 1. The van der Waals surface area contributed by atoms with Gasteiger partial charge in [0.05, 0.1) is 0 Å². The molecule has 2 heterocycles. The Morgan fingerprint density at radius 1 is 0.559 bits per heavy atom. The zero-order valence-corrected chi connectivity index (χ0v) is 31.0. The first kappa shape index (κ1) is 31.5. The summed E-state index contributed by atoms with van der Waals surface area (Å²) in [6.45, 7) is 14.7. The molecule has 2 aromatic rings. The van der Waals surface area contributed by atoms with Crippen LogP contribution in [0.5, 0.6) is 0 Å². The van der Waals surface area contributed by atoms with E-state index in [2.05, 4.69) is 82.1 Å². The Morgan fingerprint density at radius 2 is 0.941 bits per heavy atom. The third-order valence-corrected chi connectivity index (χ3v) is 47.6. The van der Waals surface area contributed by atoms with E-state index < -0.39 is 36.8 Å². The van der Waals surface area contributed by atoms with Crippen LogP contribution in [0.25, 0.3) is 9.40 Å². The average Bonchev–Trinajstić information content (AvgIpc) is 3.46. The molecule has 0 N–H and O–H groups in total. The second kappa shape index (κ2) is 17.0. The molecule has 0 unspecified atom stereocenters. The monoisotopic (exact) mass is 720 g/mol. The molecule has 0 nitrogen and oxygen atoms in total. The number of hydrogen-bond donors (Lipinski definition) is 0. The van der Waals surface area contributed by atoms with Gasteiger partial charge in [0.1, 0.15) is 0 Å². The second-order valence-electron chi connectivity index (χ2n) is 11.1. The SMILES string of the molecule is CCC[CH2][Sn]([CH2]CCC)([CH2]CCC)[c]1sc2ccsc2[c]1[Sn]([CH2]CCC)([CH2]CCC)[CH2]CCC. The zero-order chi connectivity index (χ0) is 24.9. The molecule has 0 spiro atoms. The molecule has 0 aliphatic rings. The summed E-state index contributed by atoms with van der Waals surface area (Å²) < 4.78 is 17.7. The van der Waals surface area contributed by atoms with Gasteiger partial charge in [0, 0.05) is 0 Å². The number of unbranched alkanes of at least 4 members (excludes halogenated alkanes) is 6. The molecular formula is C30H56S2Sn2. The van der Waals surface area contributed by atoms with Gasteiger partial charge in [0.25, 0.3) is 0 Å². The second-order valence-corrected chi connectivity index (χ2v) is 40.1. The molecule has 0 radical (unpaired) electrons. The summed E-state index contributed by atoms with van der Waals surface area (Å²) in [7, 11) is 0. The van der Waals surface area contributed by atoms with E-state index in [1.165, 1.54) is 77.0 Å². The van der Waals surface area contributed by atoms with Gasteiger partial charge >= 0.3 is 232 Å². The van der Waals surface area contributed by atoms with E-state index in [1.807, 2.05) is 4.70 Å². The molecule has 0 aliphatic heterocycles. The Balaban J connectivity index is 2.79. The molecule has 2 aromatic heterocycles. The van der Waals surface area contributed by atoms with Crippen molar-refractivity contribution in [3.05, 3.63) is 11.4 Å². The fourth-order valence-corrected chi connectivity index (χ4v) is 58.8. The van der Waals surface area contributed by atoms with Crippen molar-refractivity contribution in [2.24, 2.45) is 0 Å². The summed E-state index contributed by atoms with van der Waals surface area (Å²) in [5, 5.41) is 2.44. The summed E-state index contributed by atoms with van der Waals surface area (Å²) in [5.41, 5.74) is 0. The van der Waals surface area contributed by atoms with Crippen molar-refractivity contribution < 1.29 is 0 Å². The molecule has 0 atom stereocenters. The molecule has 0 aliphatic carbocycles. The van der Waals surface area contributed by atoms with E-state index in [1.54, 1.807) is 31.3 Å². The van der Waals surface area contributed by atoms with Crippen LogP contribution in [-0.4, -0.2) is 36.8 Å². The first-order valence-electron chi connectivity index (χ1n) is 15.1. The Labute approximate surface area is 229 Å². The molecule has 0 saturated heterocycles. The van der Waals surface area contributed by atoms with Crippen LogP contribution in [-0.2, 0) is 0 Å². The molecule has 4 heteroatoms. The third kappa shape index (κ3) is 8.13. The molecule has 2 rings (SSSR count). The molecule has 34 heavy (non-hydrogen) atoms. The molecule has 0 fully saturated rings. The molecule has 0 saturated carbocycles. The zero-order valence-electron chi connectivity index (χ0n) is 23.7. The van der Waals surface area contributed by atoms with Crippen LogP contribution in [0, 0.1) is 0 Å². The van der Waals surface area contributed by atoms with Crippen LogP contribution in [0.3, 0.4) is 0 Å². The average molecular weight is 718 g/mol. The van der Waals surface area contributed by atoms with E-state index in [0.717, 1.165) is 0 Å². The number of hydrogen-bond acceptors (Lipinski definition) is 2. The number of rotatable bonds is 20. The fourth-order valence-electron chi connectivity index (χ4n) is 6.24. The van der Waals surface area contributed by atoms with Gasteiger partial charge in [-0.05, 0) is 0 Å². The molecule has 0 amide bonds. The van der Waals surface area contributed by atoms with E-state index in [0.29, 0.717) is 0 Å². The van der Waals surface area contributed by atoms with Crippen LogP contribution in [0.15, 0.2) is 11.4 Å². The quantitative estimate of drug-likeness (QED) is 0.120. The maximum atomic E-state index is 2.52. The van der Waals surface area contributed by atoms with E-state index >= 15 is 0 Å². The van der Waals surface area contributed by atoms with Gasteiger partial charge in [-0.1, -0.05) is 0 Å². The van der Waals surface area contributed by atoms with Gasteiger partial charge in [-0.3, -0.25) is 0 Å². The summed E-state index contributed by atoms with van der Waals surface area (Å²) >= 11 is -0.450. The Hall–Kier alpha value is 1.26. The first-order valence-corrected chi connectivity index (χ1v) is 31.7. The summed E-state index contributed by atoms with van der Waals surface area (Å²) in [4.78, 5) is 0. The van der Waals surface area contributed by atoms with Crippen molar-refractivity contribution in [3.63, 3.8) is 0 Å². The van der Waals surface area contributed by atoms with Gasteiger partial charge in [-0.25, -0.2) is 0 Å². The Morgan fingerprint density at radius 3 is 1.32 bits per heavy atom. The summed E-state index contributed by atoms with van der Waals surface area (Å²) in [5.74, 6) is 0. The fraction of sp³-hybridized carbons (Fsp3) is 0.800. The first-order chi connectivity index (χ1) is 16.6. The number of thiophene rings is 2. The van der Waals surface area contributed by atoms with Crippen LogP contribution in [0.1, 0.15) is 119 Å². The van der Waals surface area contributed by atoms with Crippen molar-refractivity contribution in [2.45, 2.75) is 145 Å². The summed E-state index contributed by atoms with van der Waals surface area (Å²) in [6.07, 6.45) is 17.3. The summed E-state index contributed by atoms with van der Waals surface area (Å²) in [6, 6.07) is 2.52. The predicted molar refractivity (Wildman–Crippen MR) is 169 cm³/mol. The minimum absolute atomic E-state index is 1.39. The van der Waals surface area contributed by atoms with Crippen LogP contribution < -0.4 is 6.47 Å². The third-order valence-electron chi connectivity index (χ3n) is 8.36. The Bertz CT molecular complexity index is 747. The minimum atomic E-state index is -2.51. The molecule has 196 valence electrons. The van der Waals surface area contributed by atoms with Gasteiger partial charge in [-0.2, -0.15) is 0 Å². The van der Waals surface area contributed by atoms with Crippen LogP contribution in [0.4, 0.5) is 0 Å². The van der Waals surface area contributed by atoms with Gasteiger partial charge < -0.3 is 0 Å². The topological polar surface area (TPSA) is 0 Å². The van der Waals surface area contributed by atoms with Gasteiger partial charge in [-0.15, -0.1) is 0 Å². The maximum absolute atomic E-state index is 2.52. The predicted octanol–water partition coefficient (Wildman–Crippen LogP) is 11.1. The Kier molecular flexibility index (Phi) is 15.7. The van der Waals surface area contributed by atoms with Crippen molar-refractivity contribution in [1.29, 1.82) is 0 Å². The van der Waals surface area contributed by atoms with E-state index in [9.17, 15) is 0 Å².